The lowest BCUT2D eigenvalue weighted by molar-refractivity contribution is -0.384. The Kier molecular flexibility index (Phi) is 3.08. The van der Waals surface area contributed by atoms with Crippen LogP contribution in [0.15, 0.2) is 24.3 Å². The molecule has 1 unspecified atom stereocenters. The molecule has 0 bridgehead atoms. The Labute approximate surface area is 96.0 Å². The highest BCUT2D eigenvalue weighted by Gasteiger charge is 2.25. The van der Waals surface area contributed by atoms with Gasteiger partial charge in [0, 0.05) is 12.1 Å². The first-order chi connectivity index (χ1) is 8.15. The quantitative estimate of drug-likeness (QED) is 0.449. The molecule has 1 aromatic rings. The van der Waals surface area contributed by atoms with E-state index < -0.39 is 17.2 Å². The second-order valence-corrected chi connectivity index (χ2v) is 3.36. The highest BCUT2D eigenvalue weighted by atomic mass is 16.8. The van der Waals surface area contributed by atoms with Crippen LogP contribution >= 0.6 is 0 Å². The molecule has 0 N–H and O–H groups in total. The van der Waals surface area contributed by atoms with E-state index in [1.54, 1.807) is 0 Å². The van der Waals surface area contributed by atoms with E-state index in [-0.39, 0.29) is 18.9 Å². The summed E-state index contributed by atoms with van der Waals surface area (Å²) >= 11 is 0. The van der Waals surface area contributed by atoms with Crippen LogP contribution in [0.4, 0.5) is 10.5 Å². The van der Waals surface area contributed by atoms with Crippen LogP contribution in [0.25, 0.3) is 0 Å². The second kappa shape index (κ2) is 4.69. The van der Waals surface area contributed by atoms with Crippen LogP contribution in [-0.2, 0) is 9.47 Å². The number of rotatable bonds is 4. The Morgan fingerprint density at radius 2 is 2.12 bits per heavy atom. The van der Waals surface area contributed by atoms with Crippen molar-refractivity contribution in [1.29, 1.82) is 0 Å². The molecular weight excluding hydrogens is 230 g/mol. The molecule has 7 heteroatoms. The van der Waals surface area contributed by atoms with Gasteiger partial charge in [-0.2, -0.15) is 0 Å². The van der Waals surface area contributed by atoms with Gasteiger partial charge < -0.3 is 14.2 Å². The molecule has 1 aromatic carbocycles. The third-order valence-corrected chi connectivity index (χ3v) is 2.13. The summed E-state index contributed by atoms with van der Waals surface area (Å²) in [6.07, 6.45) is -1.14. The number of cyclic esters (lactones) is 2. The van der Waals surface area contributed by atoms with Gasteiger partial charge >= 0.3 is 6.16 Å². The van der Waals surface area contributed by atoms with Crippen LogP contribution in [0, 0.1) is 10.1 Å². The zero-order valence-electron chi connectivity index (χ0n) is 8.70. The zero-order valence-corrected chi connectivity index (χ0v) is 8.70. The number of carbonyl (C=O) groups is 1. The number of non-ortho nitro benzene ring substituents is 1. The van der Waals surface area contributed by atoms with Crippen molar-refractivity contribution in [2.24, 2.45) is 0 Å². The minimum Gasteiger partial charge on any atom is -0.490 e. The van der Waals surface area contributed by atoms with Crippen LogP contribution in [-0.4, -0.2) is 30.4 Å². The van der Waals surface area contributed by atoms with Gasteiger partial charge in [-0.3, -0.25) is 10.1 Å². The average molecular weight is 239 g/mol. The summed E-state index contributed by atoms with van der Waals surface area (Å²) in [5.41, 5.74) is -0.00650. The molecule has 0 spiro atoms. The summed E-state index contributed by atoms with van der Waals surface area (Å²) in [4.78, 5) is 20.5. The van der Waals surface area contributed by atoms with Gasteiger partial charge in [-0.25, -0.2) is 4.79 Å². The predicted molar refractivity (Wildman–Crippen MR) is 54.8 cm³/mol. The first kappa shape index (κ1) is 11.2. The molecule has 1 aliphatic heterocycles. The first-order valence-electron chi connectivity index (χ1n) is 4.86. The fourth-order valence-electron chi connectivity index (χ4n) is 1.30. The molecule has 90 valence electrons. The van der Waals surface area contributed by atoms with Crippen molar-refractivity contribution in [3.8, 4) is 5.75 Å². The number of hydrogen-bond acceptors (Lipinski definition) is 6. The zero-order chi connectivity index (χ0) is 12.3. The number of benzene rings is 1. The molecule has 0 aromatic heterocycles. The Morgan fingerprint density at radius 1 is 1.41 bits per heavy atom. The minimum absolute atomic E-state index is 0.00650. The van der Waals surface area contributed by atoms with Crippen LogP contribution in [0.5, 0.6) is 5.75 Å². The molecule has 1 atom stereocenters. The molecule has 1 fully saturated rings. The molecule has 0 amide bonds. The van der Waals surface area contributed by atoms with Crippen LogP contribution < -0.4 is 4.74 Å². The van der Waals surface area contributed by atoms with Crippen LogP contribution in [0.1, 0.15) is 0 Å². The van der Waals surface area contributed by atoms with E-state index in [4.69, 9.17) is 9.47 Å². The van der Waals surface area contributed by atoms with E-state index in [9.17, 15) is 14.9 Å². The van der Waals surface area contributed by atoms with Crippen molar-refractivity contribution < 1.29 is 23.9 Å². The summed E-state index contributed by atoms with van der Waals surface area (Å²) in [5, 5.41) is 10.4. The standard InChI is InChI=1S/C10H9NO6/c12-10-16-6-9(17-10)5-15-8-3-1-7(2-4-8)11(13)14/h1-4,9H,5-6H2. The number of nitro benzene ring substituents is 1. The molecule has 1 heterocycles. The Balaban J connectivity index is 1.87. The monoisotopic (exact) mass is 239 g/mol. The topological polar surface area (TPSA) is 87.9 Å². The lowest BCUT2D eigenvalue weighted by Crippen LogP contribution is -2.19. The van der Waals surface area contributed by atoms with Gasteiger partial charge in [0.2, 0.25) is 0 Å². The third kappa shape index (κ3) is 2.83. The SMILES string of the molecule is O=C1OCC(COc2ccc([N+](=O)[O-])cc2)O1. The molecule has 0 radical (unpaired) electrons. The maximum Gasteiger partial charge on any atom is 0.508 e. The first-order valence-corrected chi connectivity index (χ1v) is 4.86. The average Bonchev–Trinajstić information content (AvgIpc) is 2.73. The summed E-state index contributed by atoms with van der Waals surface area (Å²) in [5.74, 6) is 0.471. The lowest BCUT2D eigenvalue weighted by atomic mass is 10.3. The fraction of sp³-hybridized carbons (Fsp3) is 0.300. The minimum atomic E-state index is -0.706. The van der Waals surface area contributed by atoms with Crippen molar-refractivity contribution in [2.75, 3.05) is 13.2 Å². The van der Waals surface area contributed by atoms with E-state index in [0.29, 0.717) is 5.75 Å². The van der Waals surface area contributed by atoms with Gasteiger partial charge in [0.15, 0.2) is 6.10 Å². The molecule has 2 rings (SSSR count). The van der Waals surface area contributed by atoms with E-state index in [2.05, 4.69) is 4.74 Å². The molecular formula is C10H9NO6. The highest BCUT2D eigenvalue weighted by Crippen LogP contribution is 2.18. The van der Waals surface area contributed by atoms with Crippen molar-refractivity contribution in [3.63, 3.8) is 0 Å². The van der Waals surface area contributed by atoms with Crippen LogP contribution in [0.3, 0.4) is 0 Å². The smallest absolute Gasteiger partial charge is 0.490 e. The molecule has 0 saturated carbocycles. The Hall–Kier alpha value is -2.31. The largest absolute Gasteiger partial charge is 0.508 e. The van der Waals surface area contributed by atoms with Gasteiger partial charge in [0.1, 0.15) is 19.0 Å². The normalized spacial score (nSPS) is 18.4. The number of ether oxygens (including phenoxy) is 3. The van der Waals surface area contributed by atoms with Crippen molar-refractivity contribution in [3.05, 3.63) is 34.4 Å². The van der Waals surface area contributed by atoms with Crippen molar-refractivity contribution in [1.82, 2.24) is 0 Å². The van der Waals surface area contributed by atoms with E-state index in [1.807, 2.05) is 0 Å². The Bertz CT molecular complexity index is 429. The summed E-state index contributed by atoms with van der Waals surface area (Å²) in [6, 6.07) is 5.64. The fourth-order valence-corrected chi connectivity index (χ4v) is 1.30. The van der Waals surface area contributed by atoms with Gasteiger partial charge in [-0.1, -0.05) is 0 Å². The number of carbonyl (C=O) groups excluding carboxylic acids is 1. The maximum absolute atomic E-state index is 10.6. The van der Waals surface area contributed by atoms with Crippen LogP contribution in [0.2, 0.25) is 0 Å². The summed E-state index contributed by atoms with van der Waals surface area (Å²) in [7, 11) is 0. The van der Waals surface area contributed by atoms with Gasteiger partial charge in [-0.05, 0) is 12.1 Å². The van der Waals surface area contributed by atoms with Gasteiger partial charge in [-0.15, -0.1) is 0 Å². The number of hydrogen-bond donors (Lipinski definition) is 0. The second-order valence-electron chi connectivity index (χ2n) is 3.36. The lowest BCUT2D eigenvalue weighted by Gasteiger charge is -2.08. The van der Waals surface area contributed by atoms with Gasteiger partial charge in [0.25, 0.3) is 5.69 Å². The van der Waals surface area contributed by atoms with Crippen molar-refractivity contribution >= 4 is 11.8 Å². The predicted octanol–water partition coefficient (Wildman–Crippen LogP) is 1.51. The Morgan fingerprint density at radius 3 is 2.65 bits per heavy atom. The number of nitrogens with zero attached hydrogens (tertiary/aromatic N) is 1. The van der Waals surface area contributed by atoms with Crippen molar-refractivity contribution in [2.45, 2.75) is 6.10 Å². The molecule has 17 heavy (non-hydrogen) atoms. The number of nitro groups is 1. The van der Waals surface area contributed by atoms with E-state index >= 15 is 0 Å². The van der Waals surface area contributed by atoms with E-state index in [1.165, 1.54) is 24.3 Å². The third-order valence-electron chi connectivity index (χ3n) is 2.13. The summed E-state index contributed by atoms with van der Waals surface area (Å²) in [6.45, 7) is 0.315. The molecule has 0 aliphatic carbocycles. The summed E-state index contributed by atoms with van der Waals surface area (Å²) < 4.78 is 14.6. The highest BCUT2D eigenvalue weighted by molar-refractivity contribution is 5.61. The van der Waals surface area contributed by atoms with E-state index in [0.717, 1.165) is 0 Å². The molecule has 1 saturated heterocycles. The molecule has 7 nitrogen and oxygen atoms in total. The van der Waals surface area contributed by atoms with Gasteiger partial charge in [0.05, 0.1) is 4.92 Å². The maximum atomic E-state index is 10.6. The molecule has 1 aliphatic rings.